The van der Waals surface area contributed by atoms with Crippen molar-refractivity contribution in [1.29, 1.82) is 0 Å². The van der Waals surface area contributed by atoms with E-state index >= 15 is 0 Å². The summed E-state index contributed by atoms with van der Waals surface area (Å²) in [5, 5.41) is 5.04. The quantitative estimate of drug-likeness (QED) is 0.648. The highest BCUT2D eigenvalue weighted by molar-refractivity contribution is 5.94. The molecular weight excluding hydrogens is 311 g/mol. The highest BCUT2D eigenvalue weighted by Crippen LogP contribution is 2.14. The van der Waals surface area contributed by atoms with Crippen LogP contribution >= 0.6 is 0 Å². The van der Waals surface area contributed by atoms with Gasteiger partial charge in [-0.25, -0.2) is 9.18 Å². The lowest BCUT2D eigenvalue weighted by Gasteiger charge is -2.33. The second-order valence-corrected chi connectivity index (χ2v) is 6.05. The molecule has 1 saturated heterocycles. The number of hydrogen-bond acceptors (Lipinski definition) is 3. The van der Waals surface area contributed by atoms with Gasteiger partial charge in [-0.2, -0.15) is 0 Å². The normalized spacial score (nSPS) is 15.2. The SMILES string of the molecule is CCCCNC(=O)NC(=O)C[NH+]1CCN(c2ccc(F)cc2)CC1. The first-order valence-electron chi connectivity index (χ1n) is 8.50. The van der Waals surface area contributed by atoms with E-state index in [1.807, 2.05) is 6.92 Å². The Hall–Kier alpha value is -2.15. The summed E-state index contributed by atoms with van der Waals surface area (Å²) in [5.41, 5.74) is 0.996. The molecule has 1 aromatic rings. The van der Waals surface area contributed by atoms with Crippen molar-refractivity contribution >= 4 is 17.6 Å². The van der Waals surface area contributed by atoms with Crippen LogP contribution in [0.4, 0.5) is 14.9 Å². The molecule has 1 aromatic carbocycles. The summed E-state index contributed by atoms with van der Waals surface area (Å²) in [5.74, 6) is -0.494. The molecule has 3 N–H and O–H groups in total. The number of halogens is 1. The molecule has 6 nitrogen and oxygen atoms in total. The van der Waals surface area contributed by atoms with E-state index in [1.165, 1.54) is 12.1 Å². The van der Waals surface area contributed by atoms with Crippen LogP contribution in [0.5, 0.6) is 0 Å². The number of carbonyl (C=O) groups is 2. The van der Waals surface area contributed by atoms with Gasteiger partial charge >= 0.3 is 6.03 Å². The number of unbranched alkanes of at least 4 members (excludes halogenated alkanes) is 1. The Labute approximate surface area is 142 Å². The minimum atomic E-state index is -0.419. The first-order chi connectivity index (χ1) is 11.6. The third kappa shape index (κ3) is 5.81. The molecule has 1 fully saturated rings. The molecule has 0 saturated carbocycles. The molecule has 0 radical (unpaired) electrons. The largest absolute Gasteiger partial charge is 0.360 e. The maximum atomic E-state index is 13.0. The second-order valence-electron chi connectivity index (χ2n) is 6.05. The van der Waals surface area contributed by atoms with Crippen molar-refractivity contribution in [2.75, 3.05) is 44.2 Å². The van der Waals surface area contributed by atoms with Crippen LogP contribution < -0.4 is 20.4 Å². The Morgan fingerprint density at radius 3 is 2.50 bits per heavy atom. The Bertz CT molecular complexity index is 542. The second kappa shape index (κ2) is 9.22. The minimum absolute atomic E-state index is 0.239. The molecule has 0 aromatic heterocycles. The highest BCUT2D eigenvalue weighted by atomic mass is 19.1. The van der Waals surface area contributed by atoms with Gasteiger partial charge in [0.15, 0.2) is 6.54 Å². The van der Waals surface area contributed by atoms with E-state index in [0.717, 1.165) is 49.6 Å². The van der Waals surface area contributed by atoms with Crippen molar-refractivity contribution in [2.24, 2.45) is 0 Å². The zero-order valence-corrected chi connectivity index (χ0v) is 14.1. The lowest BCUT2D eigenvalue weighted by molar-refractivity contribution is -0.892. The molecule has 24 heavy (non-hydrogen) atoms. The molecule has 132 valence electrons. The van der Waals surface area contributed by atoms with Gasteiger partial charge < -0.3 is 15.1 Å². The summed E-state index contributed by atoms with van der Waals surface area (Å²) in [6.45, 7) is 6.13. The lowest BCUT2D eigenvalue weighted by atomic mass is 10.2. The van der Waals surface area contributed by atoms with Crippen molar-refractivity contribution in [3.8, 4) is 0 Å². The molecule has 3 amide bonds. The van der Waals surface area contributed by atoms with Crippen LogP contribution in [0.3, 0.4) is 0 Å². The average molecular weight is 337 g/mol. The summed E-state index contributed by atoms with van der Waals surface area (Å²) in [7, 11) is 0. The molecule has 2 rings (SSSR count). The first-order valence-corrected chi connectivity index (χ1v) is 8.50. The Morgan fingerprint density at radius 1 is 1.21 bits per heavy atom. The van der Waals surface area contributed by atoms with Gasteiger partial charge in [-0.15, -0.1) is 0 Å². The molecule has 7 heteroatoms. The van der Waals surface area contributed by atoms with Gasteiger partial charge in [0.25, 0.3) is 5.91 Å². The number of hydrogen-bond donors (Lipinski definition) is 3. The number of rotatable bonds is 6. The maximum absolute atomic E-state index is 13.0. The van der Waals surface area contributed by atoms with Crippen molar-refractivity contribution < 1.29 is 18.9 Å². The van der Waals surface area contributed by atoms with Crippen LogP contribution in [-0.2, 0) is 4.79 Å². The van der Waals surface area contributed by atoms with E-state index in [0.29, 0.717) is 13.1 Å². The molecule has 0 spiro atoms. The monoisotopic (exact) mass is 337 g/mol. The molecule has 0 aliphatic carbocycles. The molecule has 0 atom stereocenters. The Morgan fingerprint density at radius 2 is 1.88 bits per heavy atom. The predicted octanol–water partition coefficient (Wildman–Crippen LogP) is 0.157. The fourth-order valence-corrected chi connectivity index (χ4v) is 2.73. The summed E-state index contributed by atoms with van der Waals surface area (Å²) < 4.78 is 13.0. The van der Waals surface area contributed by atoms with E-state index in [4.69, 9.17) is 0 Å². The summed E-state index contributed by atoms with van der Waals surface area (Å²) >= 11 is 0. The van der Waals surface area contributed by atoms with Gasteiger partial charge in [0, 0.05) is 12.2 Å². The zero-order chi connectivity index (χ0) is 17.4. The van der Waals surface area contributed by atoms with Crippen LogP contribution in [0.2, 0.25) is 0 Å². The number of benzene rings is 1. The fraction of sp³-hybridized carbons (Fsp3) is 0.529. The van der Waals surface area contributed by atoms with Crippen molar-refractivity contribution in [3.05, 3.63) is 30.1 Å². The highest BCUT2D eigenvalue weighted by Gasteiger charge is 2.23. The van der Waals surface area contributed by atoms with E-state index in [-0.39, 0.29) is 11.7 Å². The van der Waals surface area contributed by atoms with Gasteiger partial charge in [-0.1, -0.05) is 13.3 Å². The Balaban J connectivity index is 1.69. The standard InChI is InChI=1S/C17H25FN4O2/c1-2-3-8-19-17(24)20-16(23)13-21-9-11-22(12-10-21)15-6-4-14(18)5-7-15/h4-7H,2-3,8-13H2,1H3,(H2,19,20,23,24)/p+1. The molecule has 1 aliphatic heterocycles. The summed E-state index contributed by atoms with van der Waals surface area (Å²) in [6.07, 6.45) is 1.90. The van der Waals surface area contributed by atoms with E-state index in [1.54, 1.807) is 12.1 Å². The maximum Gasteiger partial charge on any atom is 0.321 e. The van der Waals surface area contributed by atoms with Crippen molar-refractivity contribution in [3.63, 3.8) is 0 Å². The summed E-state index contributed by atoms with van der Waals surface area (Å²) in [6, 6.07) is 6.04. The molecule has 1 aliphatic rings. The van der Waals surface area contributed by atoms with Gasteiger partial charge in [-0.3, -0.25) is 10.1 Å². The average Bonchev–Trinajstić information content (AvgIpc) is 2.56. The topological polar surface area (TPSA) is 65.9 Å². The smallest absolute Gasteiger partial charge is 0.321 e. The third-order valence-corrected chi connectivity index (χ3v) is 4.14. The van der Waals surface area contributed by atoms with Gasteiger partial charge in [0.05, 0.1) is 26.2 Å². The first kappa shape index (κ1) is 18.2. The number of nitrogens with one attached hydrogen (secondary N) is 3. The van der Waals surface area contributed by atoms with Crippen LogP contribution in [0.25, 0.3) is 0 Å². The number of piperazine rings is 1. The minimum Gasteiger partial charge on any atom is -0.360 e. The van der Waals surface area contributed by atoms with Crippen molar-refractivity contribution in [2.45, 2.75) is 19.8 Å². The van der Waals surface area contributed by atoms with Crippen LogP contribution in [-0.4, -0.2) is 51.2 Å². The zero-order valence-electron chi connectivity index (χ0n) is 14.1. The van der Waals surface area contributed by atoms with Crippen LogP contribution in [0, 0.1) is 5.82 Å². The number of urea groups is 1. The Kier molecular flexibility index (Phi) is 6.99. The van der Waals surface area contributed by atoms with E-state index < -0.39 is 6.03 Å². The van der Waals surface area contributed by atoms with E-state index in [2.05, 4.69) is 15.5 Å². The molecule has 0 unspecified atom stereocenters. The molecular formula is C17H26FN4O2+. The fourth-order valence-electron chi connectivity index (χ4n) is 2.73. The molecule has 1 heterocycles. The summed E-state index contributed by atoms with van der Waals surface area (Å²) in [4.78, 5) is 26.8. The predicted molar refractivity (Wildman–Crippen MR) is 90.6 cm³/mol. The molecule has 0 bridgehead atoms. The number of anilines is 1. The number of nitrogens with zero attached hydrogens (tertiary/aromatic N) is 1. The van der Waals surface area contributed by atoms with Gasteiger partial charge in [-0.05, 0) is 30.7 Å². The third-order valence-electron chi connectivity index (χ3n) is 4.14. The number of amides is 3. The van der Waals surface area contributed by atoms with Gasteiger partial charge in [0.2, 0.25) is 0 Å². The van der Waals surface area contributed by atoms with Crippen molar-refractivity contribution in [1.82, 2.24) is 10.6 Å². The lowest BCUT2D eigenvalue weighted by Crippen LogP contribution is -3.16. The van der Waals surface area contributed by atoms with E-state index in [9.17, 15) is 14.0 Å². The number of imide groups is 1. The van der Waals surface area contributed by atoms with Gasteiger partial charge in [0.1, 0.15) is 5.82 Å². The van der Waals surface area contributed by atoms with Crippen LogP contribution in [0.1, 0.15) is 19.8 Å². The number of carbonyl (C=O) groups excluding carboxylic acids is 2. The van der Waals surface area contributed by atoms with Crippen LogP contribution in [0.15, 0.2) is 24.3 Å². The number of quaternary nitrogens is 1.